The van der Waals surface area contributed by atoms with Crippen LogP contribution in [0.4, 0.5) is 0 Å². The molecule has 0 saturated carbocycles. The van der Waals surface area contributed by atoms with E-state index < -0.39 is 0 Å². The molecule has 1 aliphatic rings. The average molecular weight is 141 g/mol. The van der Waals surface area contributed by atoms with Crippen LogP contribution in [0.5, 0.6) is 0 Å². The third-order valence-electron chi connectivity index (χ3n) is 1.88. The van der Waals surface area contributed by atoms with E-state index in [9.17, 15) is 0 Å². The molecule has 58 valence electrons. The Hall–Kier alpha value is -0.520. The fourth-order valence-corrected chi connectivity index (χ4v) is 1.21. The third kappa shape index (κ3) is 2.38. The average Bonchev–Trinajstić information content (AvgIpc) is 2.39. The van der Waals surface area contributed by atoms with Crippen molar-refractivity contribution in [2.75, 3.05) is 20.2 Å². The van der Waals surface area contributed by atoms with Gasteiger partial charge in [-0.05, 0) is 26.4 Å². The van der Waals surface area contributed by atoms with E-state index in [2.05, 4.69) is 24.8 Å². The first-order valence-electron chi connectivity index (χ1n) is 3.49. The van der Waals surface area contributed by atoms with Crippen LogP contribution in [0.3, 0.4) is 0 Å². The van der Waals surface area contributed by atoms with E-state index in [0.29, 0.717) is 12.6 Å². The predicted octanol–water partition coefficient (Wildman–Crippen LogP) is 0.322. The maximum atomic E-state index is 8.69. The molecule has 2 heteroatoms. The van der Waals surface area contributed by atoms with Crippen molar-refractivity contribution in [3.63, 3.8) is 0 Å². The van der Waals surface area contributed by atoms with Gasteiger partial charge in [0.05, 0.1) is 6.61 Å². The van der Waals surface area contributed by atoms with Crippen LogP contribution >= 0.6 is 0 Å². The molecule has 0 aromatic rings. The minimum absolute atomic E-state index is 0.330. The molecular formula is C8H15NO. The summed E-state index contributed by atoms with van der Waals surface area (Å²) >= 11 is 0. The fraction of sp³-hybridized carbons (Fsp3) is 0.750. The van der Waals surface area contributed by atoms with E-state index in [1.54, 1.807) is 0 Å². The van der Waals surface area contributed by atoms with Gasteiger partial charge in [0, 0.05) is 6.04 Å². The molecule has 2 nitrogen and oxygen atoms in total. The lowest BCUT2D eigenvalue weighted by Gasteiger charge is -2.15. The summed E-state index contributed by atoms with van der Waals surface area (Å²) in [6.07, 6.45) is 10.4. The second-order valence-electron chi connectivity index (χ2n) is 2.46. The van der Waals surface area contributed by atoms with Gasteiger partial charge < -0.3 is 10.0 Å². The number of nitrogens with zero attached hydrogens (tertiary/aromatic N) is 1. The molecule has 1 saturated heterocycles. The van der Waals surface area contributed by atoms with Gasteiger partial charge in [0.1, 0.15) is 0 Å². The fourth-order valence-electron chi connectivity index (χ4n) is 1.21. The first kappa shape index (κ1) is 9.48. The Balaban J connectivity index is 0.000000371. The van der Waals surface area contributed by atoms with Gasteiger partial charge in [0.2, 0.25) is 0 Å². The van der Waals surface area contributed by atoms with Crippen LogP contribution in [0.2, 0.25) is 0 Å². The molecule has 1 fully saturated rings. The normalized spacial score (nSPS) is 25.4. The quantitative estimate of drug-likeness (QED) is 0.532. The molecule has 0 aromatic heterocycles. The maximum absolute atomic E-state index is 8.69. The molecule has 0 spiro atoms. The van der Waals surface area contributed by atoms with Crippen LogP contribution in [-0.4, -0.2) is 36.2 Å². The van der Waals surface area contributed by atoms with Crippen molar-refractivity contribution < 1.29 is 5.11 Å². The van der Waals surface area contributed by atoms with Crippen LogP contribution in [0.15, 0.2) is 0 Å². The lowest BCUT2D eigenvalue weighted by atomic mass is 10.2. The largest absolute Gasteiger partial charge is 0.395 e. The van der Waals surface area contributed by atoms with E-state index in [-0.39, 0.29) is 0 Å². The number of likely N-dealkylation sites (N-methyl/N-ethyl adjacent to an activating group) is 1. The summed E-state index contributed by atoms with van der Waals surface area (Å²) in [4.78, 5) is 2.21. The van der Waals surface area contributed by atoms with E-state index in [1.807, 2.05) is 0 Å². The molecular weight excluding hydrogens is 126 g/mol. The Bertz CT molecular complexity index is 101. The van der Waals surface area contributed by atoms with E-state index in [4.69, 9.17) is 5.11 Å². The second kappa shape index (κ2) is 5.28. The van der Waals surface area contributed by atoms with Crippen LogP contribution in [0.1, 0.15) is 12.8 Å². The van der Waals surface area contributed by atoms with Gasteiger partial charge in [-0.1, -0.05) is 0 Å². The van der Waals surface area contributed by atoms with E-state index in [1.165, 1.54) is 12.8 Å². The van der Waals surface area contributed by atoms with Crippen molar-refractivity contribution in [3.05, 3.63) is 0 Å². The summed E-state index contributed by atoms with van der Waals surface area (Å²) in [5.74, 6) is 0. The highest BCUT2D eigenvalue weighted by molar-refractivity contribution is 4.74. The molecule has 0 aromatic carbocycles. The molecule has 0 radical (unpaired) electrons. The summed E-state index contributed by atoms with van der Waals surface area (Å²) in [7, 11) is 2.06. The Kier molecular flexibility index (Phi) is 5.00. The van der Waals surface area contributed by atoms with Crippen LogP contribution in [-0.2, 0) is 0 Å². The van der Waals surface area contributed by atoms with Crippen molar-refractivity contribution in [3.8, 4) is 12.8 Å². The molecule has 1 aliphatic heterocycles. The Labute approximate surface area is 62.8 Å². The lowest BCUT2D eigenvalue weighted by Crippen LogP contribution is -2.27. The Morgan fingerprint density at radius 3 is 2.40 bits per heavy atom. The Morgan fingerprint density at radius 2 is 2.20 bits per heavy atom. The lowest BCUT2D eigenvalue weighted by molar-refractivity contribution is 0.182. The number of terminal acetylenes is 1. The summed E-state index contributed by atoms with van der Waals surface area (Å²) in [5, 5.41) is 8.69. The molecule has 0 bridgehead atoms. The van der Waals surface area contributed by atoms with Gasteiger partial charge in [0.15, 0.2) is 0 Å². The van der Waals surface area contributed by atoms with E-state index in [0.717, 1.165) is 6.54 Å². The SMILES string of the molecule is C#C.CN1CCC[C@H]1CO. The number of rotatable bonds is 1. The molecule has 0 aliphatic carbocycles. The number of likely N-dealkylation sites (tertiary alicyclic amines) is 1. The number of aliphatic hydroxyl groups is 1. The summed E-state index contributed by atoms with van der Waals surface area (Å²) < 4.78 is 0. The van der Waals surface area contributed by atoms with Gasteiger partial charge >= 0.3 is 0 Å². The second-order valence-corrected chi connectivity index (χ2v) is 2.46. The molecule has 1 N–H and O–H groups in total. The van der Waals surface area contributed by atoms with Crippen molar-refractivity contribution in [1.29, 1.82) is 0 Å². The standard InChI is InChI=1S/C6H13NO.C2H2/c1-7-4-2-3-6(7)5-8;1-2/h6,8H,2-5H2,1H3;1-2H/t6-;/m0./s1. The highest BCUT2D eigenvalue weighted by Crippen LogP contribution is 2.12. The van der Waals surface area contributed by atoms with Crippen LogP contribution in [0, 0.1) is 12.8 Å². The predicted molar refractivity (Wildman–Crippen MR) is 42.6 cm³/mol. The summed E-state index contributed by atoms with van der Waals surface area (Å²) in [6.45, 7) is 1.49. The van der Waals surface area contributed by atoms with Gasteiger partial charge in [-0.3, -0.25) is 0 Å². The van der Waals surface area contributed by atoms with Gasteiger partial charge in [-0.2, -0.15) is 0 Å². The summed E-state index contributed by atoms with van der Waals surface area (Å²) in [6, 6.07) is 0.454. The molecule has 1 heterocycles. The summed E-state index contributed by atoms with van der Waals surface area (Å²) in [5.41, 5.74) is 0. The zero-order valence-electron chi connectivity index (χ0n) is 6.45. The monoisotopic (exact) mass is 141 g/mol. The first-order chi connectivity index (χ1) is 4.84. The molecule has 1 rings (SSSR count). The topological polar surface area (TPSA) is 23.5 Å². The molecule has 0 unspecified atom stereocenters. The van der Waals surface area contributed by atoms with Gasteiger partial charge in [-0.15, -0.1) is 12.8 Å². The molecule has 1 atom stereocenters. The van der Waals surface area contributed by atoms with Crippen molar-refractivity contribution in [2.45, 2.75) is 18.9 Å². The first-order valence-corrected chi connectivity index (χ1v) is 3.49. The van der Waals surface area contributed by atoms with Crippen molar-refractivity contribution in [2.24, 2.45) is 0 Å². The smallest absolute Gasteiger partial charge is 0.0586 e. The Morgan fingerprint density at radius 1 is 1.60 bits per heavy atom. The molecule has 0 amide bonds. The highest BCUT2D eigenvalue weighted by atomic mass is 16.3. The molecule has 10 heavy (non-hydrogen) atoms. The number of hydrogen-bond acceptors (Lipinski definition) is 2. The van der Waals surface area contributed by atoms with Crippen molar-refractivity contribution in [1.82, 2.24) is 4.90 Å². The minimum atomic E-state index is 0.330. The van der Waals surface area contributed by atoms with E-state index >= 15 is 0 Å². The van der Waals surface area contributed by atoms with Crippen molar-refractivity contribution >= 4 is 0 Å². The maximum Gasteiger partial charge on any atom is 0.0586 e. The zero-order valence-corrected chi connectivity index (χ0v) is 6.45. The van der Waals surface area contributed by atoms with Gasteiger partial charge in [0.25, 0.3) is 0 Å². The minimum Gasteiger partial charge on any atom is -0.395 e. The third-order valence-corrected chi connectivity index (χ3v) is 1.88. The van der Waals surface area contributed by atoms with Crippen LogP contribution < -0.4 is 0 Å². The van der Waals surface area contributed by atoms with Crippen LogP contribution in [0.25, 0.3) is 0 Å². The number of aliphatic hydroxyl groups excluding tert-OH is 1. The zero-order chi connectivity index (χ0) is 7.98. The van der Waals surface area contributed by atoms with Gasteiger partial charge in [-0.25, -0.2) is 0 Å². The number of hydrogen-bond donors (Lipinski definition) is 1. The highest BCUT2D eigenvalue weighted by Gasteiger charge is 2.18.